The van der Waals surface area contributed by atoms with Gasteiger partial charge in [0.25, 0.3) is 0 Å². The smallest absolute Gasteiger partial charge is 0.222 e. The van der Waals surface area contributed by atoms with Gasteiger partial charge in [0.15, 0.2) is 11.5 Å². The van der Waals surface area contributed by atoms with Crippen molar-refractivity contribution in [3.05, 3.63) is 22.2 Å². The van der Waals surface area contributed by atoms with E-state index in [-0.39, 0.29) is 11.6 Å². The van der Waals surface area contributed by atoms with Crippen LogP contribution in [-0.4, -0.2) is 17.4 Å². The Morgan fingerprint density at radius 1 is 1.50 bits per heavy atom. The highest BCUT2D eigenvalue weighted by Gasteiger charge is 2.20. The molecule has 0 unspecified atom stereocenters. The Balaban J connectivity index is 2.71. The van der Waals surface area contributed by atoms with Crippen molar-refractivity contribution in [3.63, 3.8) is 0 Å². The Labute approximate surface area is 113 Å². The molecule has 1 aromatic carbocycles. The lowest BCUT2D eigenvalue weighted by Crippen LogP contribution is -1.93. The van der Waals surface area contributed by atoms with Crippen LogP contribution in [0.4, 0.5) is 5.88 Å². The lowest BCUT2D eigenvalue weighted by Gasteiger charge is -2.12. The van der Waals surface area contributed by atoms with Crippen LogP contribution in [0, 0.1) is 0 Å². The molecule has 0 atom stereocenters. The zero-order valence-electron chi connectivity index (χ0n) is 10.0. The third-order valence-electron chi connectivity index (χ3n) is 2.66. The van der Waals surface area contributed by atoms with Gasteiger partial charge in [-0.3, -0.25) is 0 Å². The third-order valence-corrected chi connectivity index (χ3v) is 3.57. The van der Waals surface area contributed by atoms with Crippen LogP contribution in [0.1, 0.15) is 12.5 Å². The van der Waals surface area contributed by atoms with Gasteiger partial charge in [-0.2, -0.15) is 0 Å². The highest BCUT2D eigenvalue weighted by Crippen LogP contribution is 2.44. The van der Waals surface area contributed by atoms with E-state index in [9.17, 15) is 5.11 Å². The maximum atomic E-state index is 10.2. The second kappa shape index (κ2) is 4.89. The molecule has 1 heterocycles. The molecular formula is C12H13BrN2O3. The fourth-order valence-corrected chi connectivity index (χ4v) is 2.52. The summed E-state index contributed by atoms with van der Waals surface area (Å²) in [4.78, 5) is 0. The number of nitrogens with zero attached hydrogens (tertiary/aromatic N) is 1. The zero-order chi connectivity index (χ0) is 13.3. The monoisotopic (exact) mass is 312 g/mol. The number of phenolic OH excluding ortho intramolecular Hbond substituents is 1. The van der Waals surface area contributed by atoms with E-state index >= 15 is 0 Å². The van der Waals surface area contributed by atoms with E-state index in [0.29, 0.717) is 17.0 Å². The van der Waals surface area contributed by atoms with E-state index in [1.54, 1.807) is 12.1 Å². The maximum absolute atomic E-state index is 10.2. The number of anilines is 1. The molecule has 0 amide bonds. The predicted octanol–water partition coefficient (Wildman–Crippen LogP) is 2.96. The number of halogens is 1. The molecule has 96 valence electrons. The molecule has 0 spiro atoms. The minimum atomic E-state index is 0.00914. The van der Waals surface area contributed by atoms with Gasteiger partial charge in [0.2, 0.25) is 5.88 Å². The molecule has 3 N–H and O–H groups in total. The van der Waals surface area contributed by atoms with Crippen LogP contribution in [0.3, 0.4) is 0 Å². The number of hydrogen-bond acceptors (Lipinski definition) is 5. The Kier molecular flexibility index (Phi) is 3.47. The Morgan fingerprint density at radius 3 is 2.72 bits per heavy atom. The molecule has 1 aromatic heterocycles. The molecule has 0 bridgehead atoms. The highest BCUT2D eigenvalue weighted by molar-refractivity contribution is 9.10. The molecule has 6 heteroatoms. The van der Waals surface area contributed by atoms with Gasteiger partial charge in [0, 0.05) is 10.5 Å². The molecule has 0 saturated heterocycles. The first kappa shape index (κ1) is 12.8. The minimum absolute atomic E-state index is 0.00914. The van der Waals surface area contributed by atoms with Gasteiger partial charge >= 0.3 is 0 Å². The molecule has 0 aliphatic heterocycles. The molecule has 5 nitrogen and oxygen atoms in total. The van der Waals surface area contributed by atoms with Crippen LogP contribution in [0.2, 0.25) is 0 Å². The summed E-state index contributed by atoms with van der Waals surface area (Å²) in [5.41, 5.74) is 7.48. The van der Waals surface area contributed by atoms with Crippen molar-refractivity contribution in [1.29, 1.82) is 0 Å². The van der Waals surface area contributed by atoms with Crippen molar-refractivity contribution >= 4 is 21.8 Å². The number of phenols is 1. The van der Waals surface area contributed by atoms with E-state index in [0.717, 1.165) is 16.5 Å². The van der Waals surface area contributed by atoms with Crippen LogP contribution in [0.25, 0.3) is 11.3 Å². The molecule has 0 fully saturated rings. The van der Waals surface area contributed by atoms with Gasteiger partial charge in [-0.15, -0.1) is 0 Å². The molecule has 0 saturated carbocycles. The van der Waals surface area contributed by atoms with Gasteiger partial charge < -0.3 is 20.1 Å². The molecule has 2 rings (SSSR count). The third kappa shape index (κ3) is 2.03. The summed E-state index contributed by atoms with van der Waals surface area (Å²) in [7, 11) is 1.50. The van der Waals surface area contributed by atoms with Gasteiger partial charge in [0.1, 0.15) is 5.69 Å². The Bertz CT molecular complexity index is 553. The molecule has 0 radical (unpaired) electrons. The van der Waals surface area contributed by atoms with E-state index in [1.807, 2.05) is 6.92 Å². The topological polar surface area (TPSA) is 81.5 Å². The number of nitrogen functional groups attached to an aromatic ring is 1. The van der Waals surface area contributed by atoms with Crippen molar-refractivity contribution in [1.82, 2.24) is 5.16 Å². The van der Waals surface area contributed by atoms with Crippen molar-refractivity contribution in [2.45, 2.75) is 13.3 Å². The number of aromatic hydroxyl groups is 1. The number of methoxy groups -OCH3 is 1. The molecular weight excluding hydrogens is 300 g/mol. The first-order chi connectivity index (χ1) is 8.58. The van der Waals surface area contributed by atoms with Crippen LogP contribution >= 0.6 is 15.9 Å². The minimum Gasteiger partial charge on any atom is -0.504 e. The van der Waals surface area contributed by atoms with Gasteiger partial charge in [-0.1, -0.05) is 12.1 Å². The fourth-order valence-electron chi connectivity index (χ4n) is 1.73. The number of nitrogens with two attached hydrogens (primary N) is 1. The van der Waals surface area contributed by atoms with Crippen LogP contribution < -0.4 is 10.5 Å². The summed E-state index contributed by atoms with van der Waals surface area (Å²) < 4.78 is 10.7. The van der Waals surface area contributed by atoms with Crippen molar-refractivity contribution in [2.75, 3.05) is 12.8 Å². The summed E-state index contributed by atoms with van der Waals surface area (Å²) in [6, 6.07) is 3.34. The average molecular weight is 313 g/mol. The van der Waals surface area contributed by atoms with Crippen LogP contribution in [0.5, 0.6) is 11.5 Å². The summed E-state index contributed by atoms with van der Waals surface area (Å²) in [6.07, 6.45) is 0.789. The van der Waals surface area contributed by atoms with Crippen LogP contribution in [-0.2, 0) is 6.42 Å². The van der Waals surface area contributed by atoms with Gasteiger partial charge in [-0.25, -0.2) is 0 Å². The largest absolute Gasteiger partial charge is 0.504 e. The Hall–Kier alpha value is -1.69. The number of rotatable bonds is 3. The van der Waals surface area contributed by atoms with Crippen molar-refractivity contribution in [2.24, 2.45) is 0 Å². The number of ether oxygens (including phenoxy) is 1. The SMILES string of the molecule is CCc1cc(OC)c(O)c(-c2cc(N)on2)c1Br. The normalized spacial score (nSPS) is 10.6. The van der Waals surface area contributed by atoms with E-state index in [2.05, 4.69) is 21.1 Å². The molecule has 18 heavy (non-hydrogen) atoms. The highest BCUT2D eigenvalue weighted by atomic mass is 79.9. The first-order valence-corrected chi connectivity index (χ1v) is 6.18. The summed E-state index contributed by atoms with van der Waals surface area (Å²) in [6.45, 7) is 2.01. The lowest BCUT2D eigenvalue weighted by atomic mass is 10.0. The molecule has 2 aromatic rings. The predicted molar refractivity (Wildman–Crippen MR) is 71.6 cm³/mol. The average Bonchev–Trinajstić information content (AvgIpc) is 2.76. The van der Waals surface area contributed by atoms with Gasteiger partial charge in [0.05, 0.1) is 12.7 Å². The number of benzene rings is 1. The quantitative estimate of drug-likeness (QED) is 0.910. The molecule has 0 aliphatic carbocycles. The first-order valence-electron chi connectivity index (χ1n) is 5.39. The standard InChI is InChI=1S/C12H13BrN2O3/c1-3-6-4-8(17-2)12(16)10(11(6)13)7-5-9(14)18-15-7/h4-5,16H,3,14H2,1-2H3. The number of aryl methyl sites for hydroxylation is 1. The van der Waals surface area contributed by atoms with Crippen LogP contribution in [0.15, 0.2) is 21.1 Å². The summed E-state index contributed by atoms with van der Waals surface area (Å²) in [5.74, 6) is 0.596. The van der Waals surface area contributed by atoms with E-state index in [1.165, 1.54) is 7.11 Å². The van der Waals surface area contributed by atoms with E-state index < -0.39 is 0 Å². The second-order valence-corrected chi connectivity index (χ2v) is 4.54. The second-order valence-electron chi connectivity index (χ2n) is 3.74. The van der Waals surface area contributed by atoms with Crippen molar-refractivity contribution in [3.8, 4) is 22.8 Å². The van der Waals surface area contributed by atoms with Gasteiger partial charge in [-0.05, 0) is 34.0 Å². The number of hydrogen-bond donors (Lipinski definition) is 2. The lowest BCUT2D eigenvalue weighted by molar-refractivity contribution is 0.373. The zero-order valence-corrected chi connectivity index (χ0v) is 11.6. The fraction of sp³-hybridized carbons (Fsp3) is 0.250. The number of aromatic nitrogens is 1. The maximum Gasteiger partial charge on any atom is 0.222 e. The van der Waals surface area contributed by atoms with E-state index in [4.69, 9.17) is 15.0 Å². The van der Waals surface area contributed by atoms with Crippen molar-refractivity contribution < 1.29 is 14.4 Å². The Morgan fingerprint density at radius 2 is 2.22 bits per heavy atom. The summed E-state index contributed by atoms with van der Waals surface area (Å²) in [5, 5.41) is 14.0. The molecule has 0 aliphatic rings. The summed E-state index contributed by atoms with van der Waals surface area (Å²) >= 11 is 3.46.